The van der Waals surface area contributed by atoms with E-state index in [-0.39, 0.29) is 60.2 Å². The van der Waals surface area contributed by atoms with Gasteiger partial charge in [-0.2, -0.15) is 0 Å². The van der Waals surface area contributed by atoms with Crippen LogP contribution in [0, 0.1) is 23.7 Å². The quantitative estimate of drug-likeness (QED) is 0.308. The summed E-state index contributed by atoms with van der Waals surface area (Å²) in [7, 11) is 0. The third-order valence-corrected chi connectivity index (χ3v) is 6.88. The second kappa shape index (κ2) is 8.13. The van der Waals surface area contributed by atoms with Crippen LogP contribution >= 0.6 is 0 Å². The van der Waals surface area contributed by atoms with Crippen LogP contribution in [-0.4, -0.2) is 35.9 Å². The molecule has 1 unspecified atom stereocenters. The number of ether oxygens (including phenoxy) is 3. The van der Waals surface area contributed by atoms with Crippen LogP contribution in [0.3, 0.4) is 0 Å². The van der Waals surface area contributed by atoms with Crippen LogP contribution in [0.5, 0.6) is 0 Å². The fourth-order valence-electron chi connectivity index (χ4n) is 5.40. The van der Waals surface area contributed by atoms with Crippen LogP contribution in [0.1, 0.15) is 59.3 Å². The van der Waals surface area contributed by atoms with Gasteiger partial charge in [0.05, 0.1) is 6.42 Å². The van der Waals surface area contributed by atoms with Crippen molar-refractivity contribution in [2.24, 2.45) is 23.7 Å². The van der Waals surface area contributed by atoms with Crippen molar-refractivity contribution in [2.45, 2.75) is 83.3 Å². The minimum Gasteiger partial charge on any atom is -0.550 e. The fraction of sp³-hybridized carbons (Fsp3) is 0.895. The maximum absolute atomic E-state index is 12.0. The van der Waals surface area contributed by atoms with Crippen LogP contribution in [0.4, 0.5) is 0 Å². The molecule has 0 aromatic rings. The summed E-state index contributed by atoms with van der Waals surface area (Å²) in [6.45, 7) is 6.04. The molecule has 28 heavy (non-hydrogen) atoms. The fourth-order valence-corrected chi connectivity index (χ4v) is 5.40. The molecule has 0 N–H and O–H groups in total. The van der Waals surface area contributed by atoms with Crippen LogP contribution in [0.25, 0.3) is 0 Å². The number of carbonyl (C=O) groups is 2. The van der Waals surface area contributed by atoms with Crippen LogP contribution < -0.4 is 34.7 Å². The number of carboxylic acids is 1. The Kier molecular flexibility index (Phi) is 6.53. The molecule has 152 valence electrons. The number of fused-ring (bicyclic) bond motifs is 2. The molecule has 4 heterocycles. The van der Waals surface area contributed by atoms with Gasteiger partial charge >= 0.3 is 35.5 Å². The van der Waals surface area contributed by atoms with E-state index in [0.29, 0.717) is 12.3 Å². The third-order valence-electron chi connectivity index (χ3n) is 6.88. The molecule has 5 fully saturated rings. The molecule has 0 amide bonds. The second-order valence-electron chi connectivity index (χ2n) is 8.64. The van der Waals surface area contributed by atoms with Crippen molar-refractivity contribution in [3.05, 3.63) is 0 Å². The molecular formula is C19H27NaO8. The van der Waals surface area contributed by atoms with Crippen molar-refractivity contribution in [3.63, 3.8) is 0 Å². The van der Waals surface area contributed by atoms with Crippen LogP contribution in [-0.2, 0) is 33.6 Å². The van der Waals surface area contributed by atoms with Crippen molar-refractivity contribution >= 4 is 11.9 Å². The Balaban J connectivity index is 0.00000225. The smallest absolute Gasteiger partial charge is 0.550 e. The molecule has 5 aliphatic rings. The summed E-state index contributed by atoms with van der Waals surface area (Å²) in [5.74, 6) is -2.17. The molecule has 4 aliphatic heterocycles. The third kappa shape index (κ3) is 3.66. The van der Waals surface area contributed by atoms with Gasteiger partial charge in [0.25, 0.3) is 0 Å². The van der Waals surface area contributed by atoms with Crippen molar-refractivity contribution in [1.82, 2.24) is 0 Å². The van der Waals surface area contributed by atoms with Gasteiger partial charge in [-0.25, -0.2) is 9.78 Å². The van der Waals surface area contributed by atoms with E-state index in [1.165, 1.54) is 0 Å². The summed E-state index contributed by atoms with van der Waals surface area (Å²) >= 11 is 0. The van der Waals surface area contributed by atoms with Gasteiger partial charge in [-0.05, 0) is 44.4 Å². The number of hydrogen-bond acceptors (Lipinski definition) is 8. The number of rotatable bonds is 4. The second-order valence-corrected chi connectivity index (χ2v) is 8.64. The first-order valence-electron chi connectivity index (χ1n) is 9.84. The van der Waals surface area contributed by atoms with E-state index in [1.807, 2.05) is 13.8 Å². The van der Waals surface area contributed by atoms with E-state index in [0.717, 1.165) is 19.3 Å². The molecule has 8 atom stereocenters. The zero-order chi connectivity index (χ0) is 19.4. The molecular weight excluding hydrogens is 379 g/mol. The molecule has 5 rings (SSSR count). The van der Waals surface area contributed by atoms with Crippen molar-refractivity contribution in [1.29, 1.82) is 0 Å². The van der Waals surface area contributed by atoms with Gasteiger partial charge in [0.15, 0.2) is 11.9 Å². The first-order valence-corrected chi connectivity index (χ1v) is 9.84. The van der Waals surface area contributed by atoms with Crippen molar-refractivity contribution < 1.29 is 68.2 Å². The largest absolute Gasteiger partial charge is 1.00 e. The maximum atomic E-state index is 12.0. The number of hydrogen-bond donors (Lipinski definition) is 0. The van der Waals surface area contributed by atoms with Crippen LogP contribution in [0.15, 0.2) is 0 Å². The predicted octanol–water partition coefficient (Wildman–Crippen LogP) is -1.73. The number of carbonyl (C=O) groups excluding carboxylic acids is 2. The molecule has 0 aromatic heterocycles. The molecule has 1 saturated carbocycles. The zero-order valence-electron chi connectivity index (χ0n) is 17.0. The monoisotopic (exact) mass is 406 g/mol. The SMILES string of the molecule is C[C@@H]1CC[C@H]2[C@@H](C)C(OC(=O)CCC(=O)[O-])O[C@@H]3O[C@]4(C)CC[C@@H]1[C@]32OO4.[Na+]. The normalized spacial score (nSPS) is 46.7. The van der Waals surface area contributed by atoms with Gasteiger partial charge in [0, 0.05) is 24.2 Å². The summed E-state index contributed by atoms with van der Waals surface area (Å²) in [5, 5.41) is 10.6. The molecule has 9 heteroatoms. The number of esters is 1. The summed E-state index contributed by atoms with van der Waals surface area (Å²) in [6.07, 6.45) is 1.48. The van der Waals surface area contributed by atoms with Crippen LogP contribution in [0.2, 0.25) is 0 Å². The van der Waals surface area contributed by atoms with Gasteiger partial charge in [0.2, 0.25) is 12.1 Å². The topological polar surface area (TPSA) is 103 Å². The van der Waals surface area contributed by atoms with Gasteiger partial charge in [0.1, 0.15) is 0 Å². The predicted molar refractivity (Wildman–Crippen MR) is 87.2 cm³/mol. The zero-order valence-corrected chi connectivity index (χ0v) is 19.0. The van der Waals surface area contributed by atoms with Gasteiger partial charge in [-0.3, -0.25) is 4.79 Å². The first kappa shape index (κ1) is 22.5. The van der Waals surface area contributed by atoms with E-state index in [4.69, 9.17) is 24.0 Å². The Hall–Kier alpha value is -0.220. The molecule has 8 nitrogen and oxygen atoms in total. The first-order chi connectivity index (χ1) is 12.7. The Morgan fingerprint density at radius 3 is 2.57 bits per heavy atom. The Morgan fingerprint density at radius 1 is 1.11 bits per heavy atom. The number of carboxylic acid groups (broad SMARTS) is 1. The average molecular weight is 406 g/mol. The molecule has 1 aliphatic carbocycles. The van der Waals surface area contributed by atoms with E-state index < -0.39 is 35.9 Å². The van der Waals surface area contributed by atoms with E-state index in [2.05, 4.69) is 6.92 Å². The molecule has 0 aromatic carbocycles. The minimum absolute atomic E-state index is 0. The van der Waals surface area contributed by atoms with E-state index >= 15 is 0 Å². The van der Waals surface area contributed by atoms with Gasteiger partial charge < -0.3 is 24.1 Å². The van der Waals surface area contributed by atoms with Crippen molar-refractivity contribution in [3.8, 4) is 0 Å². The maximum Gasteiger partial charge on any atom is 1.00 e. The Morgan fingerprint density at radius 2 is 1.86 bits per heavy atom. The van der Waals surface area contributed by atoms with E-state index in [1.54, 1.807) is 0 Å². The Bertz CT molecular complexity index is 629. The van der Waals surface area contributed by atoms with E-state index in [9.17, 15) is 14.7 Å². The van der Waals surface area contributed by atoms with Gasteiger partial charge in [-0.1, -0.05) is 13.8 Å². The summed E-state index contributed by atoms with van der Waals surface area (Å²) < 4.78 is 17.7. The molecule has 2 bridgehead atoms. The minimum atomic E-state index is -1.28. The average Bonchev–Trinajstić information content (AvgIpc) is 2.84. The summed E-state index contributed by atoms with van der Waals surface area (Å²) in [5.41, 5.74) is -0.707. The summed E-state index contributed by atoms with van der Waals surface area (Å²) in [4.78, 5) is 34.4. The van der Waals surface area contributed by atoms with Gasteiger partial charge in [-0.15, -0.1) is 0 Å². The number of aliphatic carboxylic acids is 1. The Labute approximate surface area is 186 Å². The standard InChI is InChI=1S/C19H28O8.Na/c1-10-4-5-13-11(2)16(23-15(22)7-6-14(20)21)24-17-19(13)12(10)8-9-18(3,25-17)26-27-19;/h10-13,16-17H,4-9H2,1-3H3,(H,20,21);/q;+1/p-1/t10-,11-,12+,13+,16?,17-,18+,19-;/m1./s1. The van der Waals surface area contributed by atoms with Crippen molar-refractivity contribution in [2.75, 3.05) is 0 Å². The molecule has 0 radical (unpaired) electrons. The molecule has 1 spiro atoms. The summed E-state index contributed by atoms with van der Waals surface area (Å²) in [6, 6.07) is 0. The molecule has 4 saturated heterocycles.